The summed E-state index contributed by atoms with van der Waals surface area (Å²) in [6, 6.07) is 9.75. The molecule has 1 atom stereocenters. The summed E-state index contributed by atoms with van der Waals surface area (Å²) >= 11 is 1.29. The monoisotopic (exact) mass is 274 g/mol. The molecule has 0 aliphatic carbocycles. The van der Waals surface area contributed by atoms with Crippen LogP contribution in [0, 0.1) is 0 Å². The molecule has 1 amide bonds. The van der Waals surface area contributed by atoms with Crippen molar-refractivity contribution in [3.05, 3.63) is 36.5 Å². The van der Waals surface area contributed by atoms with Crippen LogP contribution in [-0.2, 0) is 4.79 Å². The number of hydrogen-bond acceptors (Lipinski definition) is 5. The van der Waals surface area contributed by atoms with E-state index in [4.69, 9.17) is 0 Å². The maximum Gasteiger partial charge on any atom is 0.233 e. The summed E-state index contributed by atoms with van der Waals surface area (Å²) in [7, 11) is 1.61. The molecule has 1 heterocycles. The molecule has 0 aliphatic rings. The predicted octanol–water partition coefficient (Wildman–Crippen LogP) is 1.77. The molecule has 5 nitrogen and oxygen atoms in total. The van der Waals surface area contributed by atoms with E-state index in [1.807, 2.05) is 37.3 Å². The molecule has 6 heteroatoms. The van der Waals surface area contributed by atoms with Crippen molar-refractivity contribution >= 4 is 17.7 Å². The van der Waals surface area contributed by atoms with Gasteiger partial charge in [0.05, 0.1) is 17.1 Å². The third-order valence-corrected chi connectivity index (χ3v) is 3.46. The number of carbonyl (C=O) groups is 1. The van der Waals surface area contributed by atoms with E-state index in [0.29, 0.717) is 5.16 Å². The zero-order valence-electron chi connectivity index (χ0n) is 10.7. The molecular formula is C13H14N4OS. The first-order valence-corrected chi connectivity index (χ1v) is 6.72. The van der Waals surface area contributed by atoms with Gasteiger partial charge in [0.15, 0.2) is 0 Å². The zero-order valence-corrected chi connectivity index (χ0v) is 11.5. The molecule has 1 aromatic heterocycles. The van der Waals surface area contributed by atoms with Gasteiger partial charge in [0, 0.05) is 12.6 Å². The van der Waals surface area contributed by atoms with Crippen LogP contribution in [0.1, 0.15) is 6.92 Å². The number of benzene rings is 1. The standard InChI is InChI=1S/C13H14N4OS/c1-9(12(18)14-2)19-13-16-11(8-15-17-13)10-6-4-3-5-7-10/h3-9H,1-2H3,(H,14,18). The molecule has 0 bridgehead atoms. The number of thioether (sulfide) groups is 1. The lowest BCUT2D eigenvalue weighted by molar-refractivity contribution is -0.119. The SMILES string of the molecule is CNC(=O)C(C)Sc1nncc(-c2ccccc2)n1. The number of aromatic nitrogens is 3. The molecule has 19 heavy (non-hydrogen) atoms. The molecule has 0 spiro atoms. The summed E-state index contributed by atoms with van der Waals surface area (Å²) in [4.78, 5) is 15.9. The van der Waals surface area contributed by atoms with Crippen LogP contribution < -0.4 is 5.32 Å². The summed E-state index contributed by atoms with van der Waals surface area (Å²) < 4.78 is 0. The van der Waals surface area contributed by atoms with Crippen LogP contribution in [0.2, 0.25) is 0 Å². The van der Waals surface area contributed by atoms with Gasteiger partial charge in [0.2, 0.25) is 11.1 Å². The Morgan fingerprint density at radius 3 is 2.74 bits per heavy atom. The highest BCUT2D eigenvalue weighted by atomic mass is 32.2. The topological polar surface area (TPSA) is 67.8 Å². The zero-order chi connectivity index (χ0) is 13.7. The van der Waals surface area contributed by atoms with Crippen molar-refractivity contribution in [2.45, 2.75) is 17.3 Å². The fraction of sp³-hybridized carbons (Fsp3) is 0.231. The van der Waals surface area contributed by atoms with Crippen LogP contribution in [0.25, 0.3) is 11.3 Å². The summed E-state index contributed by atoms with van der Waals surface area (Å²) in [5, 5.41) is 10.7. The summed E-state index contributed by atoms with van der Waals surface area (Å²) in [5.41, 5.74) is 1.73. The van der Waals surface area contributed by atoms with Gasteiger partial charge in [-0.3, -0.25) is 4.79 Å². The number of amides is 1. The van der Waals surface area contributed by atoms with Gasteiger partial charge in [0.25, 0.3) is 0 Å². The molecule has 1 unspecified atom stereocenters. The molecule has 0 fully saturated rings. The Labute approximate surface area is 115 Å². The van der Waals surface area contributed by atoms with E-state index >= 15 is 0 Å². The lowest BCUT2D eigenvalue weighted by atomic mass is 10.2. The van der Waals surface area contributed by atoms with Crippen LogP contribution in [0.5, 0.6) is 0 Å². The molecular weight excluding hydrogens is 260 g/mol. The molecule has 0 aliphatic heterocycles. The maximum atomic E-state index is 11.5. The number of rotatable bonds is 4. The molecule has 2 aromatic rings. The normalized spacial score (nSPS) is 11.9. The first kappa shape index (κ1) is 13.5. The Kier molecular flexibility index (Phi) is 4.46. The van der Waals surface area contributed by atoms with E-state index in [2.05, 4.69) is 20.5 Å². The van der Waals surface area contributed by atoms with E-state index in [9.17, 15) is 4.79 Å². The molecule has 2 rings (SSSR count). The number of nitrogens with zero attached hydrogens (tertiary/aromatic N) is 3. The van der Waals surface area contributed by atoms with E-state index < -0.39 is 0 Å². The van der Waals surface area contributed by atoms with E-state index in [1.54, 1.807) is 13.2 Å². The number of hydrogen-bond donors (Lipinski definition) is 1. The van der Waals surface area contributed by atoms with Crippen LogP contribution in [0.4, 0.5) is 0 Å². The first-order valence-electron chi connectivity index (χ1n) is 5.84. The number of nitrogens with one attached hydrogen (secondary N) is 1. The largest absolute Gasteiger partial charge is 0.358 e. The minimum Gasteiger partial charge on any atom is -0.358 e. The average molecular weight is 274 g/mol. The fourth-order valence-electron chi connectivity index (χ4n) is 1.50. The van der Waals surface area contributed by atoms with Crippen LogP contribution in [0.15, 0.2) is 41.7 Å². The van der Waals surface area contributed by atoms with Crippen molar-refractivity contribution in [1.29, 1.82) is 0 Å². The van der Waals surface area contributed by atoms with Gasteiger partial charge < -0.3 is 5.32 Å². The predicted molar refractivity (Wildman–Crippen MR) is 74.6 cm³/mol. The summed E-state index contributed by atoms with van der Waals surface area (Å²) in [5.74, 6) is -0.0567. The third kappa shape index (κ3) is 3.51. The highest BCUT2D eigenvalue weighted by molar-refractivity contribution is 8.00. The van der Waals surface area contributed by atoms with Gasteiger partial charge in [-0.25, -0.2) is 4.98 Å². The molecule has 1 N–H and O–H groups in total. The summed E-state index contributed by atoms with van der Waals surface area (Å²) in [6.07, 6.45) is 1.62. The van der Waals surface area contributed by atoms with Crippen molar-refractivity contribution in [1.82, 2.24) is 20.5 Å². The van der Waals surface area contributed by atoms with Crippen molar-refractivity contribution in [2.24, 2.45) is 0 Å². The summed E-state index contributed by atoms with van der Waals surface area (Å²) in [6.45, 7) is 1.81. The molecule has 0 saturated heterocycles. The lowest BCUT2D eigenvalue weighted by Gasteiger charge is -2.08. The van der Waals surface area contributed by atoms with Crippen molar-refractivity contribution in [3.8, 4) is 11.3 Å². The van der Waals surface area contributed by atoms with Crippen molar-refractivity contribution in [3.63, 3.8) is 0 Å². The third-order valence-electron chi connectivity index (χ3n) is 2.51. The Morgan fingerprint density at radius 2 is 2.05 bits per heavy atom. The molecule has 1 aromatic carbocycles. The van der Waals surface area contributed by atoms with Gasteiger partial charge in [-0.2, -0.15) is 5.10 Å². The second kappa shape index (κ2) is 6.29. The Balaban J connectivity index is 2.18. The van der Waals surface area contributed by atoms with Gasteiger partial charge in [0.1, 0.15) is 0 Å². The van der Waals surface area contributed by atoms with Gasteiger partial charge in [-0.1, -0.05) is 42.1 Å². The molecule has 98 valence electrons. The fourth-order valence-corrected chi connectivity index (χ4v) is 2.29. The van der Waals surface area contributed by atoms with Crippen LogP contribution in [-0.4, -0.2) is 33.4 Å². The quantitative estimate of drug-likeness (QED) is 0.861. The second-order valence-electron chi connectivity index (χ2n) is 3.86. The minimum absolute atomic E-state index is 0.0567. The van der Waals surface area contributed by atoms with Crippen molar-refractivity contribution < 1.29 is 4.79 Å². The van der Waals surface area contributed by atoms with Crippen LogP contribution >= 0.6 is 11.8 Å². The minimum atomic E-state index is -0.252. The molecule has 0 saturated carbocycles. The average Bonchev–Trinajstić information content (AvgIpc) is 2.47. The highest BCUT2D eigenvalue weighted by Crippen LogP contribution is 2.22. The first-order chi connectivity index (χ1) is 9.20. The smallest absolute Gasteiger partial charge is 0.233 e. The van der Waals surface area contributed by atoms with Gasteiger partial charge >= 0.3 is 0 Å². The van der Waals surface area contributed by atoms with E-state index in [1.165, 1.54) is 11.8 Å². The Hall–Kier alpha value is -1.95. The lowest BCUT2D eigenvalue weighted by Crippen LogP contribution is -2.27. The highest BCUT2D eigenvalue weighted by Gasteiger charge is 2.15. The van der Waals surface area contributed by atoms with Crippen molar-refractivity contribution in [2.75, 3.05) is 7.05 Å². The second-order valence-corrected chi connectivity index (χ2v) is 5.17. The Bertz CT molecular complexity index is 562. The van der Waals surface area contributed by atoms with E-state index in [0.717, 1.165) is 11.3 Å². The Morgan fingerprint density at radius 1 is 1.32 bits per heavy atom. The maximum absolute atomic E-state index is 11.5. The van der Waals surface area contributed by atoms with E-state index in [-0.39, 0.29) is 11.2 Å². The number of carbonyl (C=O) groups excluding carboxylic acids is 1. The van der Waals surface area contributed by atoms with Gasteiger partial charge in [-0.05, 0) is 6.92 Å². The van der Waals surface area contributed by atoms with Crippen LogP contribution in [0.3, 0.4) is 0 Å². The molecule has 0 radical (unpaired) electrons. The van der Waals surface area contributed by atoms with Gasteiger partial charge in [-0.15, -0.1) is 5.10 Å².